The van der Waals surface area contributed by atoms with Gasteiger partial charge in [-0.2, -0.15) is 0 Å². The largest absolute Gasteiger partial charge is 0.359 e. The van der Waals surface area contributed by atoms with E-state index >= 15 is 0 Å². The lowest BCUT2D eigenvalue weighted by Crippen LogP contribution is -2.42. The third-order valence-electron chi connectivity index (χ3n) is 5.65. The fourth-order valence-electron chi connectivity index (χ4n) is 3.82. The zero-order valence-electron chi connectivity index (χ0n) is 16.7. The van der Waals surface area contributed by atoms with E-state index in [1.54, 1.807) is 7.05 Å². The number of nitrogens with one attached hydrogen (secondary N) is 2. The first-order valence-corrected chi connectivity index (χ1v) is 9.90. The van der Waals surface area contributed by atoms with E-state index in [0.29, 0.717) is 25.4 Å². The predicted molar refractivity (Wildman–Crippen MR) is 112 cm³/mol. The van der Waals surface area contributed by atoms with Crippen LogP contribution in [0.4, 0.5) is 0 Å². The van der Waals surface area contributed by atoms with Crippen LogP contribution in [0.15, 0.2) is 54.6 Å². The maximum absolute atomic E-state index is 12.3. The third-order valence-corrected chi connectivity index (χ3v) is 5.65. The molecule has 0 bridgehead atoms. The van der Waals surface area contributed by atoms with Gasteiger partial charge in [-0.3, -0.25) is 14.5 Å². The molecular weight excluding hydrogens is 350 g/mol. The van der Waals surface area contributed by atoms with Crippen molar-refractivity contribution in [3.63, 3.8) is 0 Å². The Labute approximate surface area is 167 Å². The summed E-state index contributed by atoms with van der Waals surface area (Å²) in [5.74, 6) is 0.107. The number of amides is 2. The van der Waals surface area contributed by atoms with Crippen LogP contribution in [-0.4, -0.2) is 49.4 Å². The second-order valence-corrected chi connectivity index (χ2v) is 7.47. The molecule has 0 spiro atoms. The van der Waals surface area contributed by atoms with Gasteiger partial charge in [0.25, 0.3) is 0 Å². The molecule has 1 heterocycles. The Morgan fingerprint density at radius 2 is 1.57 bits per heavy atom. The van der Waals surface area contributed by atoms with Gasteiger partial charge in [0.05, 0.1) is 6.42 Å². The van der Waals surface area contributed by atoms with Crippen LogP contribution in [0.1, 0.15) is 24.8 Å². The SMILES string of the molecule is CNC(=O)C[C@H]1CC[C@@H](CNC(=O)Cc2ccc(-c3ccccc3)cc2)N1C. The molecule has 0 saturated carbocycles. The number of carbonyl (C=O) groups excluding carboxylic acids is 2. The maximum atomic E-state index is 12.3. The summed E-state index contributed by atoms with van der Waals surface area (Å²) < 4.78 is 0. The molecule has 148 valence electrons. The molecule has 28 heavy (non-hydrogen) atoms. The van der Waals surface area contributed by atoms with E-state index in [2.05, 4.69) is 39.8 Å². The van der Waals surface area contributed by atoms with Gasteiger partial charge >= 0.3 is 0 Å². The molecule has 2 N–H and O–H groups in total. The van der Waals surface area contributed by atoms with E-state index in [-0.39, 0.29) is 17.9 Å². The van der Waals surface area contributed by atoms with E-state index in [9.17, 15) is 9.59 Å². The monoisotopic (exact) mass is 379 g/mol. The molecule has 0 unspecified atom stereocenters. The Hall–Kier alpha value is -2.66. The van der Waals surface area contributed by atoms with Gasteiger partial charge in [0.1, 0.15) is 0 Å². The van der Waals surface area contributed by atoms with E-state index in [0.717, 1.165) is 24.0 Å². The summed E-state index contributed by atoms with van der Waals surface area (Å²) in [4.78, 5) is 26.2. The van der Waals surface area contributed by atoms with Gasteiger partial charge in [0.15, 0.2) is 0 Å². The van der Waals surface area contributed by atoms with Gasteiger partial charge in [-0.15, -0.1) is 0 Å². The average molecular weight is 380 g/mol. The first kappa shape index (κ1) is 20.1. The number of likely N-dealkylation sites (tertiary alicyclic amines) is 1. The molecule has 1 aliphatic rings. The highest BCUT2D eigenvalue weighted by molar-refractivity contribution is 5.79. The predicted octanol–water partition coefficient (Wildman–Crippen LogP) is 2.61. The molecule has 2 aromatic carbocycles. The molecule has 5 nitrogen and oxygen atoms in total. The fraction of sp³-hybridized carbons (Fsp3) is 0.391. The number of hydrogen-bond acceptors (Lipinski definition) is 3. The van der Waals surface area contributed by atoms with Crippen LogP contribution in [0.2, 0.25) is 0 Å². The number of likely N-dealkylation sites (N-methyl/N-ethyl adjacent to an activating group) is 1. The molecule has 5 heteroatoms. The highest BCUT2D eigenvalue weighted by atomic mass is 16.2. The molecule has 1 saturated heterocycles. The van der Waals surface area contributed by atoms with Crippen LogP contribution >= 0.6 is 0 Å². The van der Waals surface area contributed by atoms with Gasteiger partial charge in [-0.05, 0) is 36.6 Å². The molecular formula is C23H29N3O2. The maximum Gasteiger partial charge on any atom is 0.224 e. The number of rotatable bonds is 7. The van der Waals surface area contributed by atoms with E-state index in [4.69, 9.17) is 0 Å². The minimum atomic E-state index is 0.0376. The molecule has 1 aliphatic heterocycles. The standard InChI is InChI=1S/C23H29N3O2/c1-24-22(27)15-20-12-13-21(26(20)2)16-25-23(28)14-17-8-10-19(11-9-17)18-6-4-3-5-7-18/h3-11,20-21H,12-16H2,1-2H3,(H,24,27)(H,25,28)/t20-,21+/m1/s1. The van der Waals surface area contributed by atoms with Gasteiger partial charge < -0.3 is 10.6 Å². The Morgan fingerprint density at radius 1 is 0.929 bits per heavy atom. The van der Waals surface area contributed by atoms with Crippen molar-refractivity contribution in [1.82, 2.24) is 15.5 Å². The van der Waals surface area contributed by atoms with Gasteiger partial charge in [0, 0.05) is 32.1 Å². The quantitative estimate of drug-likeness (QED) is 0.777. The topological polar surface area (TPSA) is 61.4 Å². The highest BCUT2D eigenvalue weighted by Gasteiger charge is 2.31. The van der Waals surface area contributed by atoms with E-state index in [1.165, 1.54) is 5.56 Å². The van der Waals surface area contributed by atoms with Crippen molar-refractivity contribution in [2.24, 2.45) is 0 Å². The minimum Gasteiger partial charge on any atom is -0.359 e. The molecule has 2 atom stereocenters. The lowest BCUT2D eigenvalue weighted by atomic mass is 10.0. The van der Waals surface area contributed by atoms with Crippen LogP contribution in [0, 0.1) is 0 Å². The van der Waals surface area contributed by atoms with E-state index < -0.39 is 0 Å². The highest BCUT2D eigenvalue weighted by Crippen LogP contribution is 2.24. The number of hydrogen-bond donors (Lipinski definition) is 2. The smallest absolute Gasteiger partial charge is 0.224 e. The second kappa shape index (κ2) is 9.51. The molecule has 1 fully saturated rings. The average Bonchev–Trinajstić information content (AvgIpc) is 3.07. The lowest BCUT2D eigenvalue weighted by molar-refractivity contribution is -0.122. The van der Waals surface area contributed by atoms with Crippen LogP contribution < -0.4 is 10.6 Å². The zero-order chi connectivity index (χ0) is 19.9. The Bertz CT molecular complexity index is 789. The molecule has 2 aromatic rings. The molecule has 0 radical (unpaired) electrons. The summed E-state index contributed by atoms with van der Waals surface area (Å²) in [6, 6.07) is 18.9. The van der Waals surface area contributed by atoms with Crippen LogP contribution in [0.5, 0.6) is 0 Å². The van der Waals surface area contributed by atoms with Crippen molar-refractivity contribution in [2.75, 3.05) is 20.6 Å². The summed E-state index contributed by atoms with van der Waals surface area (Å²) in [7, 11) is 3.71. The fourth-order valence-corrected chi connectivity index (χ4v) is 3.82. The Kier molecular flexibility index (Phi) is 6.82. The number of carbonyl (C=O) groups is 2. The third kappa shape index (κ3) is 5.20. The van der Waals surface area contributed by atoms with Gasteiger partial charge in [-0.1, -0.05) is 54.6 Å². The van der Waals surface area contributed by atoms with Crippen LogP contribution in [0.3, 0.4) is 0 Å². The molecule has 3 rings (SSSR count). The van der Waals surface area contributed by atoms with Crippen molar-refractivity contribution in [3.05, 3.63) is 60.2 Å². The van der Waals surface area contributed by atoms with Crippen molar-refractivity contribution in [1.29, 1.82) is 0 Å². The Balaban J connectivity index is 1.46. The first-order valence-electron chi connectivity index (χ1n) is 9.90. The molecule has 2 amide bonds. The van der Waals surface area contributed by atoms with Gasteiger partial charge in [0.2, 0.25) is 11.8 Å². The number of nitrogens with zero attached hydrogens (tertiary/aromatic N) is 1. The van der Waals surface area contributed by atoms with Crippen molar-refractivity contribution in [3.8, 4) is 11.1 Å². The lowest BCUT2D eigenvalue weighted by Gasteiger charge is -2.25. The van der Waals surface area contributed by atoms with E-state index in [1.807, 2.05) is 37.4 Å². The zero-order valence-corrected chi connectivity index (χ0v) is 16.7. The normalized spacial score (nSPS) is 19.4. The summed E-state index contributed by atoms with van der Waals surface area (Å²) in [5, 5.41) is 5.74. The van der Waals surface area contributed by atoms with Crippen LogP contribution in [-0.2, 0) is 16.0 Å². The summed E-state index contributed by atoms with van der Waals surface area (Å²) in [6.07, 6.45) is 2.90. The van der Waals surface area contributed by atoms with Crippen LogP contribution in [0.25, 0.3) is 11.1 Å². The summed E-state index contributed by atoms with van der Waals surface area (Å²) in [6.45, 7) is 0.627. The summed E-state index contributed by atoms with van der Waals surface area (Å²) in [5.41, 5.74) is 3.34. The van der Waals surface area contributed by atoms with Crippen molar-refractivity contribution in [2.45, 2.75) is 37.8 Å². The van der Waals surface area contributed by atoms with Crippen molar-refractivity contribution >= 4 is 11.8 Å². The second-order valence-electron chi connectivity index (χ2n) is 7.47. The summed E-state index contributed by atoms with van der Waals surface area (Å²) >= 11 is 0. The Morgan fingerprint density at radius 3 is 2.25 bits per heavy atom. The first-order chi connectivity index (χ1) is 13.6. The minimum absolute atomic E-state index is 0.0376. The molecule has 0 aliphatic carbocycles. The van der Waals surface area contributed by atoms with Gasteiger partial charge in [-0.25, -0.2) is 0 Å². The molecule has 0 aromatic heterocycles. The number of benzene rings is 2. The van der Waals surface area contributed by atoms with Crippen molar-refractivity contribution < 1.29 is 9.59 Å².